The fraction of sp³-hybridized carbons (Fsp3) is 0.250. The van der Waals surface area contributed by atoms with Gasteiger partial charge in [0, 0.05) is 0 Å². The quantitative estimate of drug-likeness (QED) is 0.685. The summed E-state index contributed by atoms with van der Waals surface area (Å²) in [5, 5.41) is 0. The average molecular weight is 190 g/mol. The van der Waals surface area contributed by atoms with E-state index >= 15 is 0 Å². The van der Waals surface area contributed by atoms with E-state index in [4.69, 9.17) is 0 Å². The van der Waals surface area contributed by atoms with Gasteiger partial charge in [0.2, 0.25) is 0 Å². The molecule has 2 nitrogen and oxygen atoms in total. The number of hydrogen-bond acceptors (Lipinski definition) is 2. The van der Waals surface area contributed by atoms with Gasteiger partial charge in [-0.25, -0.2) is 4.79 Å². The smallest absolute Gasteiger partial charge is 0.338 e. The van der Waals surface area contributed by atoms with Crippen LogP contribution in [-0.4, -0.2) is 13.1 Å². The van der Waals surface area contributed by atoms with Crippen LogP contribution >= 0.6 is 0 Å². The van der Waals surface area contributed by atoms with Gasteiger partial charge in [-0.1, -0.05) is 31.7 Å². The van der Waals surface area contributed by atoms with Crippen molar-refractivity contribution in [1.29, 1.82) is 0 Å². The van der Waals surface area contributed by atoms with E-state index in [2.05, 4.69) is 11.3 Å². The third kappa shape index (κ3) is 2.02. The molecule has 0 spiro atoms. The maximum absolute atomic E-state index is 11.3. The average Bonchev–Trinajstić information content (AvgIpc) is 2.27. The Bertz CT molecular complexity index is 353. The minimum absolute atomic E-state index is 0.280. The standard InChI is InChI=1S/C12H14O2/c1-4-9-6-7-11(12(13)14-3)10(5-2)8-9/h4,6-8H,1,5H2,2-3H3. The Kier molecular flexibility index (Phi) is 3.46. The molecule has 0 saturated carbocycles. The van der Waals surface area contributed by atoms with Gasteiger partial charge in [0.1, 0.15) is 0 Å². The lowest BCUT2D eigenvalue weighted by Crippen LogP contribution is -2.05. The van der Waals surface area contributed by atoms with Crippen molar-refractivity contribution in [2.45, 2.75) is 13.3 Å². The molecular formula is C12H14O2. The van der Waals surface area contributed by atoms with Crippen LogP contribution in [0.5, 0.6) is 0 Å². The molecular weight excluding hydrogens is 176 g/mol. The van der Waals surface area contributed by atoms with Crippen molar-refractivity contribution in [3.05, 3.63) is 41.5 Å². The SMILES string of the molecule is C=Cc1ccc(C(=O)OC)c(CC)c1. The summed E-state index contributed by atoms with van der Waals surface area (Å²) in [5.41, 5.74) is 2.66. The molecule has 0 bridgehead atoms. The van der Waals surface area contributed by atoms with Crippen molar-refractivity contribution in [2.75, 3.05) is 7.11 Å². The second-order valence-corrected chi connectivity index (χ2v) is 2.97. The van der Waals surface area contributed by atoms with Crippen LogP contribution in [-0.2, 0) is 11.2 Å². The van der Waals surface area contributed by atoms with E-state index in [1.807, 2.05) is 19.1 Å². The Morgan fingerprint density at radius 2 is 2.29 bits per heavy atom. The van der Waals surface area contributed by atoms with E-state index in [1.54, 1.807) is 12.1 Å². The zero-order valence-electron chi connectivity index (χ0n) is 8.54. The molecule has 14 heavy (non-hydrogen) atoms. The van der Waals surface area contributed by atoms with Gasteiger partial charge in [-0.15, -0.1) is 0 Å². The predicted octanol–water partition coefficient (Wildman–Crippen LogP) is 2.68. The van der Waals surface area contributed by atoms with Crippen molar-refractivity contribution in [3.63, 3.8) is 0 Å². The Labute approximate surface area is 84.2 Å². The Balaban J connectivity index is 3.17. The van der Waals surface area contributed by atoms with Crippen LogP contribution in [0.2, 0.25) is 0 Å². The second-order valence-electron chi connectivity index (χ2n) is 2.97. The summed E-state index contributed by atoms with van der Waals surface area (Å²) in [7, 11) is 1.39. The Hall–Kier alpha value is -1.57. The minimum Gasteiger partial charge on any atom is -0.465 e. The lowest BCUT2D eigenvalue weighted by atomic mass is 10.0. The number of rotatable bonds is 3. The topological polar surface area (TPSA) is 26.3 Å². The maximum atomic E-state index is 11.3. The molecule has 0 aliphatic carbocycles. The molecule has 0 atom stereocenters. The van der Waals surface area contributed by atoms with Crippen molar-refractivity contribution in [2.24, 2.45) is 0 Å². The van der Waals surface area contributed by atoms with Crippen LogP contribution in [0, 0.1) is 0 Å². The Morgan fingerprint density at radius 1 is 1.57 bits per heavy atom. The summed E-state index contributed by atoms with van der Waals surface area (Å²) in [4.78, 5) is 11.3. The van der Waals surface area contributed by atoms with E-state index in [1.165, 1.54) is 7.11 Å². The second kappa shape index (κ2) is 4.61. The molecule has 0 aromatic heterocycles. The highest BCUT2D eigenvalue weighted by Crippen LogP contribution is 2.14. The van der Waals surface area contributed by atoms with Gasteiger partial charge in [0.25, 0.3) is 0 Å². The maximum Gasteiger partial charge on any atom is 0.338 e. The first kappa shape index (κ1) is 10.5. The fourth-order valence-electron chi connectivity index (χ4n) is 1.34. The van der Waals surface area contributed by atoms with Crippen molar-refractivity contribution in [3.8, 4) is 0 Å². The largest absolute Gasteiger partial charge is 0.465 e. The van der Waals surface area contributed by atoms with Crippen LogP contribution in [0.3, 0.4) is 0 Å². The highest BCUT2D eigenvalue weighted by molar-refractivity contribution is 5.91. The van der Waals surface area contributed by atoms with Crippen LogP contribution in [0.4, 0.5) is 0 Å². The summed E-state index contributed by atoms with van der Waals surface area (Å²) in [6, 6.07) is 5.60. The highest BCUT2D eigenvalue weighted by Gasteiger charge is 2.09. The molecule has 1 aromatic rings. The van der Waals surface area contributed by atoms with E-state index in [0.717, 1.165) is 17.5 Å². The van der Waals surface area contributed by atoms with Gasteiger partial charge in [-0.05, 0) is 23.6 Å². The molecule has 0 saturated heterocycles. The molecule has 0 N–H and O–H groups in total. The predicted molar refractivity (Wildman–Crippen MR) is 57.3 cm³/mol. The van der Waals surface area contributed by atoms with Gasteiger partial charge < -0.3 is 4.74 Å². The number of benzene rings is 1. The lowest BCUT2D eigenvalue weighted by molar-refractivity contribution is 0.0599. The van der Waals surface area contributed by atoms with Crippen molar-refractivity contribution in [1.82, 2.24) is 0 Å². The molecule has 0 heterocycles. The lowest BCUT2D eigenvalue weighted by Gasteiger charge is -2.06. The first-order valence-electron chi connectivity index (χ1n) is 4.56. The third-order valence-electron chi connectivity index (χ3n) is 2.15. The Morgan fingerprint density at radius 3 is 2.79 bits per heavy atom. The fourth-order valence-corrected chi connectivity index (χ4v) is 1.34. The first-order chi connectivity index (χ1) is 6.72. The van der Waals surface area contributed by atoms with Gasteiger partial charge in [0.05, 0.1) is 12.7 Å². The molecule has 0 aliphatic rings. The van der Waals surface area contributed by atoms with Crippen LogP contribution in [0.15, 0.2) is 24.8 Å². The highest BCUT2D eigenvalue weighted by atomic mass is 16.5. The normalized spacial score (nSPS) is 9.57. The van der Waals surface area contributed by atoms with E-state index in [-0.39, 0.29) is 5.97 Å². The van der Waals surface area contributed by atoms with Gasteiger partial charge in [-0.3, -0.25) is 0 Å². The first-order valence-corrected chi connectivity index (χ1v) is 4.56. The van der Waals surface area contributed by atoms with Crippen molar-refractivity contribution >= 4 is 12.0 Å². The number of methoxy groups -OCH3 is 1. The molecule has 0 amide bonds. The van der Waals surface area contributed by atoms with E-state index in [0.29, 0.717) is 5.56 Å². The molecule has 1 aromatic carbocycles. The summed E-state index contributed by atoms with van der Waals surface area (Å²) in [5.74, 6) is -0.280. The van der Waals surface area contributed by atoms with E-state index in [9.17, 15) is 4.79 Å². The monoisotopic (exact) mass is 190 g/mol. The number of carbonyl (C=O) groups excluding carboxylic acids is 1. The third-order valence-corrected chi connectivity index (χ3v) is 2.15. The molecule has 0 unspecified atom stereocenters. The minimum atomic E-state index is -0.280. The number of hydrogen-bond donors (Lipinski definition) is 0. The molecule has 2 heteroatoms. The number of ether oxygens (including phenoxy) is 1. The zero-order chi connectivity index (χ0) is 10.6. The number of esters is 1. The summed E-state index contributed by atoms with van der Waals surface area (Å²) in [6.07, 6.45) is 2.58. The zero-order valence-corrected chi connectivity index (χ0v) is 8.54. The number of carbonyl (C=O) groups is 1. The number of aryl methyl sites for hydroxylation is 1. The van der Waals surface area contributed by atoms with Crippen molar-refractivity contribution < 1.29 is 9.53 Å². The summed E-state index contributed by atoms with van der Waals surface area (Å²) in [6.45, 7) is 5.69. The van der Waals surface area contributed by atoms with Crippen LogP contribution < -0.4 is 0 Å². The van der Waals surface area contributed by atoms with Gasteiger partial charge in [-0.2, -0.15) is 0 Å². The summed E-state index contributed by atoms with van der Waals surface area (Å²) < 4.78 is 4.69. The van der Waals surface area contributed by atoms with Gasteiger partial charge >= 0.3 is 5.97 Å². The summed E-state index contributed by atoms with van der Waals surface area (Å²) >= 11 is 0. The molecule has 1 rings (SSSR count). The molecule has 0 radical (unpaired) electrons. The van der Waals surface area contributed by atoms with E-state index < -0.39 is 0 Å². The molecule has 0 fully saturated rings. The van der Waals surface area contributed by atoms with Gasteiger partial charge in [0.15, 0.2) is 0 Å². The molecule has 74 valence electrons. The van der Waals surface area contributed by atoms with Crippen LogP contribution in [0.25, 0.3) is 6.08 Å². The molecule has 0 aliphatic heterocycles. The van der Waals surface area contributed by atoms with Crippen LogP contribution in [0.1, 0.15) is 28.4 Å².